The van der Waals surface area contributed by atoms with Crippen LogP contribution >= 0.6 is 23.8 Å². The van der Waals surface area contributed by atoms with Crippen molar-refractivity contribution in [3.05, 3.63) is 47.5 Å². The third-order valence-electron chi connectivity index (χ3n) is 4.13. The van der Waals surface area contributed by atoms with Gasteiger partial charge < -0.3 is 25.4 Å². The molecule has 28 heavy (non-hydrogen) atoms. The minimum Gasteiger partial charge on any atom is -0.350 e. The number of thiocarbonyl (C=S) groups is 1. The molecule has 1 aromatic rings. The molecule has 0 saturated carbocycles. The van der Waals surface area contributed by atoms with Gasteiger partial charge in [0, 0.05) is 30.4 Å². The Kier molecular flexibility index (Phi) is 8.44. The SMILES string of the molecule is CCCCOC1(OC)C=CC(Cl)=CC1NC(=S)Nc1ccc(NC(C)=O)cc1. The third-order valence-corrected chi connectivity index (χ3v) is 4.60. The van der Waals surface area contributed by atoms with Crippen LogP contribution in [0.4, 0.5) is 11.4 Å². The van der Waals surface area contributed by atoms with E-state index < -0.39 is 11.8 Å². The van der Waals surface area contributed by atoms with Crippen LogP contribution in [0.15, 0.2) is 47.5 Å². The maximum atomic E-state index is 11.1. The van der Waals surface area contributed by atoms with Gasteiger partial charge in [0.1, 0.15) is 6.04 Å². The fraction of sp³-hybridized carbons (Fsp3) is 0.400. The molecule has 0 bridgehead atoms. The van der Waals surface area contributed by atoms with Crippen molar-refractivity contribution in [2.24, 2.45) is 0 Å². The van der Waals surface area contributed by atoms with E-state index in [9.17, 15) is 4.79 Å². The Morgan fingerprint density at radius 2 is 1.89 bits per heavy atom. The number of nitrogens with one attached hydrogen (secondary N) is 3. The van der Waals surface area contributed by atoms with Crippen LogP contribution in [0.3, 0.4) is 0 Å². The number of rotatable bonds is 8. The summed E-state index contributed by atoms with van der Waals surface area (Å²) in [5.74, 6) is -1.11. The van der Waals surface area contributed by atoms with E-state index in [0.29, 0.717) is 22.4 Å². The summed E-state index contributed by atoms with van der Waals surface area (Å²) in [7, 11) is 1.59. The van der Waals surface area contributed by atoms with E-state index in [-0.39, 0.29) is 5.91 Å². The van der Waals surface area contributed by atoms with Gasteiger partial charge in [0.05, 0.1) is 6.61 Å². The van der Waals surface area contributed by atoms with Gasteiger partial charge in [-0.25, -0.2) is 0 Å². The lowest BCUT2D eigenvalue weighted by atomic mass is 10.0. The summed E-state index contributed by atoms with van der Waals surface area (Å²) < 4.78 is 11.7. The Hall–Kier alpha value is -1.93. The van der Waals surface area contributed by atoms with Crippen molar-refractivity contribution >= 4 is 46.2 Å². The molecule has 2 rings (SSSR count). The molecule has 1 aliphatic rings. The first-order valence-electron chi connectivity index (χ1n) is 9.09. The van der Waals surface area contributed by atoms with E-state index in [0.717, 1.165) is 18.5 Å². The van der Waals surface area contributed by atoms with Gasteiger partial charge >= 0.3 is 0 Å². The van der Waals surface area contributed by atoms with Crippen LogP contribution < -0.4 is 16.0 Å². The van der Waals surface area contributed by atoms with Crippen LogP contribution in [-0.4, -0.2) is 36.6 Å². The van der Waals surface area contributed by atoms with Crippen molar-refractivity contribution in [2.75, 3.05) is 24.4 Å². The van der Waals surface area contributed by atoms with Crippen molar-refractivity contribution in [2.45, 2.75) is 38.5 Å². The number of hydrogen-bond donors (Lipinski definition) is 3. The molecule has 1 aromatic carbocycles. The predicted molar refractivity (Wildman–Crippen MR) is 118 cm³/mol. The molecule has 2 atom stereocenters. The van der Waals surface area contributed by atoms with Crippen LogP contribution in [0.25, 0.3) is 0 Å². The number of hydrogen-bond acceptors (Lipinski definition) is 4. The number of halogens is 1. The van der Waals surface area contributed by atoms with Gasteiger partial charge in [-0.3, -0.25) is 4.79 Å². The zero-order valence-corrected chi connectivity index (χ0v) is 17.8. The zero-order chi connectivity index (χ0) is 20.6. The lowest BCUT2D eigenvalue weighted by Crippen LogP contribution is -2.55. The summed E-state index contributed by atoms with van der Waals surface area (Å²) in [6.07, 6.45) is 7.31. The second kappa shape index (κ2) is 10.6. The van der Waals surface area contributed by atoms with Gasteiger partial charge in [0.25, 0.3) is 0 Å². The Morgan fingerprint density at radius 3 is 2.46 bits per heavy atom. The molecule has 0 spiro atoms. The average molecular weight is 424 g/mol. The van der Waals surface area contributed by atoms with E-state index >= 15 is 0 Å². The summed E-state index contributed by atoms with van der Waals surface area (Å²) in [5, 5.41) is 10.0. The number of benzene rings is 1. The fourth-order valence-corrected chi connectivity index (χ4v) is 3.12. The number of ether oxygens (including phenoxy) is 2. The Bertz CT molecular complexity index is 752. The molecule has 152 valence electrons. The van der Waals surface area contributed by atoms with Gasteiger partial charge in [-0.1, -0.05) is 24.9 Å². The van der Waals surface area contributed by atoms with Gasteiger partial charge in [-0.05, 0) is 61.1 Å². The molecule has 1 amide bonds. The number of anilines is 2. The van der Waals surface area contributed by atoms with E-state index in [1.807, 2.05) is 18.2 Å². The molecular formula is C20H26ClN3O3S. The summed E-state index contributed by atoms with van der Waals surface area (Å²) in [5.41, 5.74) is 1.50. The molecule has 2 unspecified atom stereocenters. The number of methoxy groups -OCH3 is 1. The lowest BCUT2D eigenvalue weighted by molar-refractivity contribution is -0.197. The van der Waals surface area contributed by atoms with Crippen molar-refractivity contribution in [3.8, 4) is 0 Å². The molecule has 0 aromatic heterocycles. The Balaban J connectivity index is 2.04. The number of amides is 1. The third kappa shape index (κ3) is 6.31. The summed E-state index contributed by atoms with van der Waals surface area (Å²) in [6.45, 7) is 4.12. The zero-order valence-electron chi connectivity index (χ0n) is 16.3. The fourth-order valence-electron chi connectivity index (χ4n) is 2.69. The lowest BCUT2D eigenvalue weighted by Gasteiger charge is -2.38. The molecule has 0 saturated heterocycles. The summed E-state index contributed by atoms with van der Waals surface area (Å²) in [4.78, 5) is 11.1. The molecule has 0 radical (unpaired) electrons. The highest BCUT2D eigenvalue weighted by atomic mass is 35.5. The second-order valence-electron chi connectivity index (χ2n) is 6.35. The Morgan fingerprint density at radius 1 is 1.25 bits per heavy atom. The largest absolute Gasteiger partial charge is 0.350 e. The van der Waals surface area contributed by atoms with E-state index in [1.165, 1.54) is 6.92 Å². The van der Waals surface area contributed by atoms with Crippen LogP contribution in [0.5, 0.6) is 0 Å². The first-order chi connectivity index (χ1) is 13.4. The van der Waals surface area contributed by atoms with Crippen LogP contribution in [0, 0.1) is 0 Å². The molecule has 8 heteroatoms. The van der Waals surface area contributed by atoms with E-state index in [1.54, 1.807) is 31.4 Å². The molecule has 3 N–H and O–H groups in total. The average Bonchev–Trinajstić information content (AvgIpc) is 2.65. The molecule has 0 fully saturated rings. The van der Waals surface area contributed by atoms with Gasteiger partial charge in [0.15, 0.2) is 5.11 Å². The van der Waals surface area contributed by atoms with E-state index in [2.05, 4.69) is 22.9 Å². The predicted octanol–water partition coefficient (Wildman–Crippen LogP) is 4.15. The highest BCUT2D eigenvalue weighted by molar-refractivity contribution is 7.80. The second-order valence-corrected chi connectivity index (χ2v) is 7.19. The normalized spacial score (nSPS) is 21.0. The molecule has 6 nitrogen and oxygen atoms in total. The molecular weight excluding hydrogens is 398 g/mol. The summed E-state index contributed by atoms with van der Waals surface area (Å²) in [6, 6.07) is 6.83. The highest BCUT2D eigenvalue weighted by Gasteiger charge is 2.39. The standard InChI is InChI=1S/C20H26ClN3O3S/c1-4-5-12-27-20(26-3)11-10-15(21)13-18(20)24-19(28)23-17-8-6-16(7-9-17)22-14(2)25/h6-11,13,18H,4-5,12H2,1-3H3,(H,22,25)(H2,23,24,28). The van der Waals surface area contributed by atoms with Crippen LogP contribution in [0.2, 0.25) is 0 Å². The van der Waals surface area contributed by atoms with Crippen LogP contribution in [0.1, 0.15) is 26.7 Å². The minimum atomic E-state index is -0.992. The Labute approximate surface area is 176 Å². The quantitative estimate of drug-likeness (QED) is 0.331. The highest BCUT2D eigenvalue weighted by Crippen LogP contribution is 2.28. The number of unbranched alkanes of at least 4 members (excludes halogenated alkanes) is 1. The van der Waals surface area contributed by atoms with Crippen molar-refractivity contribution < 1.29 is 14.3 Å². The van der Waals surface area contributed by atoms with Gasteiger partial charge in [0.2, 0.25) is 11.7 Å². The maximum Gasteiger partial charge on any atom is 0.221 e. The topological polar surface area (TPSA) is 71.6 Å². The van der Waals surface area contributed by atoms with Crippen LogP contribution in [-0.2, 0) is 14.3 Å². The minimum absolute atomic E-state index is 0.120. The van der Waals surface area contributed by atoms with E-state index in [4.69, 9.17) is 33.3 Å². The maximum absolute atomic E-state index is 11.1. The number of carbonyl (C=O) groups is 1. The molecule has 0 heterocycles. The summed E-state index contributed by atoms with van der Waals surface area (Å²) >= 11 is 11.6. The molecule has 1 aliphatic carbocycles. The molecule has 0 aliphatic heterocycles. The van der Waals surface area contributed by atoms with Crippen molar-refractivity contribution in [1.29, 1.82) is 0 Å². The van der Waals surface area contributed by atoms with Gasteiger partial charge in [-0.2, -0.15) is 0 Å². The smallest absolute Gasteiger partial charge is 0.221 e. The number of allylic oxidation sites excluding steroid dienone is 2. The number of carbonyl (C=O) groups excluding carboxylic acids is 1. The van der Waals surface area contributed by atoms with Gasteiger partial charge in [-0.15, -0.1) is 0 Å². The van der Waals surface area contributed by atoms with Crippen molar-refractivity contribution in [3.63, 3.8) is 0 Å². The monoisotopic (exact) mass is 423 g/mol. The van der Waals surface area contributed by atoms with Crippen molar-refractivity contribution in [1.82, 2.24) is 5.32 Å². The first-order valence-corrected chi connectivity index (χ1v) is 9.88. The first kappa shape index (κ1) is 22.4.